The molecule has 31 heavy (non-hydrogen) atoms. The second-order valence-electron chi connectivity index (χ2n) is 7.41. The molecule has 1 amide bonds. The van der Waals surface area contributed by atoms with Gasteiger partial charge in [0.2, 0.25) is 0 Å². The van der Waals surface area contributed by atoms with Gasteiger partial charge in [-0.1, -0.05) is 42.8 Å². The van der Waals surface area contributed by atoms with Crippen molar-refractivity contribution in [2.45, 2.75) is 32.8 Å². The van der Waals surface area contributed by atoms with E-state index < -0.39 is 6.10 Å². The van der Waals surface area contributed by atoms with E-state index in [1.54, 1.807) is 23.1 Å². The number of amides is 1. The molecule has 7 heteroatoms. The summed E-state index contributed by atoms with van der Waals surface area (Å²) in [4.78, 5) is 19.6. The topological polar surface area (TPSA) is 82.4 Å². The van der Waals surface area contributed by atoms with Gasteiger partial charge in [0.05, 0.1) is 17.3 Å². The average molecular weight is 443 g/mol. The molecule has 1 aliphatic rings. The van der Waals surface area contributed by atoms with Gasteiger partial charge in [-0.2, -0.15) is 0 Å². The van der Waals surface area contributed by atoms with Crippen LogP contribution in [-0.2, 0) is 4.79 Å². The van der Waals surface area contributed by atoms with Gasteiger partial charge in [-0.25, -0.2) is 0 Å². The number of aryl methyl sites for hydroxylation is 1. The van der Waals surface area contributed by atoms with Crippen LogP contribution in [0.15, 0.2) is 53.0 Å². The number of aliphatic imine (C=N–C) groups is 1. The molecule has 2 aromatic carbocycles. The van der Waals surface area contributed by atoms with Crippen molar-refractivity contribution in [3.8, 4) is 5.75 Å². The predicted molar refractivity (Wildman–Crippen MR) is 124 cm³/mol. The number of anilines is 1. The number of rotatable bonds is 8. The third-order valence-electron chi connectivity index (χ3n) is 4.90. The number of aliphatic hydroxyl groups excluding tert-OH is 2. The van der Waals surface area contributed by atoms with E-state index in [2.05, 4.69) is 11.9 Å². The summed E-state index contributed by atoms with van der Waals surface area (Å²) in [6.07, 6.45) is 2.20. The highest BCUT2D eigenvalue weighted by Gasteiger charge is 2.33. The Labute approximate surface area is 187 Å². The number of para-hydroxylation sites is 1. The number of hydrogen-bond acceptors (Lipinski definition) is 5. The quantitative estimate of drug-likeness (QED) is 0.605. The minimum absolute atomic E-state index is 0.0578. The van der Waals surface area contributed by atoms with Crippen LogP contribution >= 0.6 is 11.6 Å². The molecule has 0 radical (unpaired) electrons. The molecule has 1 heterocycles. The van der Waals surface area contributed by atoms with E-state index >= 15 is 0 Å². The van der Waals surface area contributed by atoms with E-state index in [4.69, 9.17) is 21.4 Å². The molecule has 1 saturated heterocycles. The summed E-state index contributed by atoms with van der Waals surface area (Å²) < 4.78 is 5.43. The van der Waals surface area contributed by atoms with Crippen molar-refractivity contribution < 1.29 is 19.7 Å². The van der Waals surface area contributed by atoms with E-state index in [1.807, 2.05) is 37.3 Å². The largest absolute Gasteiger partial charge is 0.489 e. The van der Waals surface area contributed by atoms with Gasteiger partial charge < -0.3 is 14.9 Å². The summed E-state index contributed by atoms with van der Waals surface area (Å²) >= 11 is 6.30. The monoisotopic (exact) mass is 442 g/mol. The summed E-state index contributed by atoms with van der Waals surface area (Å²) in [5.41, 5.74) is 3.26. The van der Waals surface area contributed by atoms with E-state index in [9.17, 15) is 9.90 Å². The highest BCUT2D eigenvalue weighted by Crippen LogP contribution is 2.32. The van der Waals surface area contributed by atoms with Crippen molar-refractivity contribution in [3.05, 3.63) is 64.2 Å². The summed E-state index contributed by atoms with van der Waals surface area (Å²) in [6.45, 7) is 4.26. The van der Waals surface area contributed by atoms with Gasteiger partial charge in [0, 0.05) is 18.5 Å². The van der Waals surface area contributed by atoms with Crippen molar-refractivity contribution in [2.24, 2.45) is 4.99 Å². The van der Waals surface area contributed by atoms with Crippen molar-refractivity contribution in [3.63, 3.8) is 0 Å². The number of aliphatic hydroxyl groups is 2. The van der Waals surface area contributed by atoms with Gasteiger partial charge in [0.25, 0.3) is 5.91 Å². The number of halogens is 1. The molecule has 3 rings (SSSR count). The minimum Gasteiger partial charge on any atom is -0.489 e. The first-order chi connectivity index (χ1) is 14.9. The SMILES string of the molecule is CCCN=C1C/C(=C/c2ccc(OCC(O)CO)c(Cl)c2)C(=O)N1c1ccccc1C. The van der Waals surface area contributed by atoms with Crippen LogP contribution in [0.5, 0.6) is 5.75 Å². The first-order valence-electron chi connectivity index (χ1n) is 10.3. The van der Waals surface area contributed by atoms with Crippen LogP contribution in [0.1, 0.15) is 30.9 Å². The zero-order valence-corrected chi connectivity index (χ0v) is 18.5. The van der Waals surface area contributed by atoms with Crippen LogP contribution in [0.25, 0.3) is 6.08 Å². The van der Waals surface area contributed by atoms with E-state index in [1.165, 1.54) is 0 Å². The van der Waals surface area contributed by atoms with Crippen LogP contribution in [0, 0.1) is 6.92 Å². The Morgan fingerprint density at radius 1 is 1.29 bits per heavy atom. The van der Waals surface area contributed by atoms with Crippen LogP contribution in [0.2, 0.25) is 5.02 Å². The summed E-state index contributed by atoms with van der Waals surface area (Å²) in [7, 11) is 0. The number of amidine groups is 1. The molecule has 1 fully saturated rings. The molecule has 0 aliphatic carbocycles. The normalized spacial score (nSPS) is 17.6. The van der Waals surface area contributed by atoms with E-state index in [0.29, 0.717) is 29.3 Å². The molecule has 0 aromatic heterocycles. The van der Waals surface area contributed by atoms with Gasteiger partial charge in [-0.15, -0.1) is 0 Å². The molecule has 0 saturated carbocycles. The molecule has 164 valence electrons. The lowest BCUT2D eigenvalue weighted by molar-refractivity contribution is -0.113. The van der Waals surface area contributed by atoms with E-state index in [0.717, 1.165) is 29.1 Å². The molecule has 2 N–H and O–H groups in total. The summed E-state index contributed by atoms with van der Waals surface area (Å²) in [6, 6.07) is 13.0. The Bertz CT molecular complexity index is 1000. The smallest absolute Gasteiger partial charge is 0.260 e. The lowest BCUT2D eigenvalue weighted by atomic mass is 10.1. The number of hydrogen-bond donors (Lipinski definition) is 2. The first kappa shape index (κ1) is 23.0. The van der Waals surface area contributed by atoms with E-state index in [-0.39, 0.29) is 19.1 Å². The maximum absolute atomic E-state index is 13.3. The first-order valence-corrected chi connectivity index (χ1v) is 10.7. The molecule has 1 aliphatic heterocycles. The Balaban J connectivity index is 1.88. The second kappa shape index (κ2) is 10.6. The molecule has 1 atom stereocenters. The number of benzene rings is 2. The predicted octanol–water partition coefficient (Wildman–Crippen LogP) is 4.01. The van der Waals surface area contributed by atoms with Crippen LogP contribution in [-0.4, -0.2) is 47.8 Å². The lowest BCUT2D eigenvalue weighted by Crippen LogP contribution is -2.30. The van der Waals surface area contributed by atoms with Crippen molar-refractivity contribution in [1.29, 1.82) is 0 Å². The van der Waals surface area contributed by atoms with Crippen LogP contribution in [0.3, 0.4) is 0 Å². The third kappa shape index (κ3) is 5.53. The summed E-state index contributed by atoms with van der Waals surface area (Å²) in [5.74, 6) is 1.06. The fourth-order valence-corrected chi connectivity index (χ4v) is 3.54. The summed E-state index contributed by atoms with van der Waals surface area (Å²) in [5, 5.41) is 18.7. The van der Waals surface area contributed by atoms with Gasteiger partial charge in [-0.3, -0.25) is 14.7 Å². The maximum Gasteiger partial charge on any atom is 0.260 e. The minimum atomic E-state index is -0.970. The van der Waals surface area contributed by atoms with Crippen LogP contribution in [0.4, 0.5) is 5.69 Å². The van der Waals surface area contributed by atoms with Crippen molar-refractivity contribution in [2.75, 3.05) is 24.7 Å². The van der Waals surface area contributed by atoms with Crippen LogP contribution < -0.4 is 9.64 Å². The number of carbonyl (C=O) groups is 1. The highest BCUT2D eigenvalue weighted by atomic mass is 35.5. The zero-order chi connectivity index (χ0) is 22.4. The Morgan fingerprint density at radius 3 is 2.74 bits per heavy atom. The second-order valence-corrected chi connectivity index (χ2v) is 7.82. The fraction of sp³-hybridized carbons (Fsp3) is 0.333. The number of nitrogens with zero attached hydrogens (tertiary/aromatic N) is 2. The average Bonchev–Trinajstić information content (AvgIpc) is 3.06. The van der Waals surface area contributed by atoms with Crippen molar-refractivity contribution >= 4 is 35.1 Å². The van der Waals surface area contributed by atoms with Gasteiger partial charge in [0.15, 0.2) is 0 Å². The molecule has 0 bridgehead atoms. The number of ether oxygens (including phenoxy) is 1. The van der Waals surface area contributed by atoms with Crippen molar-refractivity contribution in [1.82, 2.24) is 0 Å². The standard InChI is InChI=1S/C24H27ClN2O4/c1-3-10-26-23-13-18(24(30)27(23)21-7-5-4-6-16(21)2)11-17-8-9-22(20(25)12-17)31-15-19(29)14-28/h4-9,11-12,19,28-29H,3,10,13-15H2,1-2H3/b18-11-,26-23?. The molecular formula is C24H27ClN2O4. The maximum atomic E-state index is 13.3. The van der Waals surface area contributed by atoms with Gasteiger partial charge >= 0.3 is 0 Å². The zero-order valence-electron chi connectivity index (χ0n) is 17.7. The third-order valence-corrected chi connectivity index (χ3v) is 5.19. The lowest BCUT2D eigenvalue weighted by Gasteiger charge is -2.19. The molecule has 0 spiro atoms. The molecule has 1 unspecified atom stereocenters. The Hall–Kier alpha value is -2.67. The number of carbonyl (C=O) groups excluding carboxylic acids is 1. The molecule has 6 nitrogen and oxygen atoms in total. The Morgan fingerprint density at radius 2 is 2.06 bits per heavy atom. The van der Waals surface area contributed by atoms with Gasteiger partial charge in [-0.05, 0) is 48.7 Å². The molecular weight excluding hydrogens is 416 g/mol. The molecule has 2 aromatic rings. The Kier molecular flexibility index (Phi) is 7.85. The fourth-order valence-electron chi connectivity index (χ4n) is 3.29. The highest BCUT2D eigenvalue weighted by molar-refractivity contribution is 6.33. The van der Waals surface area contributed by atoms with Gasteiger partial charge in [0.1, 0.15) is 24.3 Å².